The SMILES string of the molecule is ClC1CCCCCCCC1. The van der Waals surface area contributed by atoms with Crippen molar-refractivity contribution >= 4 is 11.6 Å². The van der Waals surface area contributed by atoms with Crippen molar-refractivity contribution in [3.63, 3.8) is 0 Å². The Bertz CT molecular complexity index is 70.8. The van der Waals surface area contributed by atoms with Crippen molar-refractivity contribution in [2.45, 2.75) is 56.7 Å². The number of alkyl halides is 1. The average molecular weight is 161 g/mol. The van der Waals surface area contributed by atoms with Crippen LogP contribution in [0.3, 0.4) is 0 Å². The molecule has 0 unspecified atom stereocenters. The first-order chi connectivity index (χ1) is 4.89. The second-order valence-corrected chi connectivity index (χ2v) is 3.91. The van der Waals surface area contributed by atoms with Gasteiger partial charge in [0.2, 0.25) is 0 Å². The lowest BCUT2D eigenvalue weighted by Gasteiger charge is -2.04. The van der Waals surface area contributed by atoms with Gasteiger partial charge in [0, 0.05) is 5.38 Å². The van der Waals surface area contributed by atoms with Crippen molar-refractivity contribution in [2.24, 2.45) is 0 Å². The maximum absolute atomic E-state index is 6.07. The van der Waals surface area contributed by atoms with Gasteiger partial charge in [0.15, 0.2) is 0 Å². The third kappa shape index (κ3) is 3.46. The molecule has 0 aromatic rings. The Kier molecular flexibility index (Phi) is 4.20. The van der Waals surface area contributed by atoms with Crippen LogP contribution in [-0.4, -0.2) is 5.38 Å². The largest absolute Gasteiger partial charge is 0.123 e. The molecule has 0 heterocycles. The monoisotopic (exact) mass is 160 g/mol. The van der Waals surface area contributed by atoms with Gasteiger partial charge in [0.25, 0.3) is 0 Å². The molecule has 1 fully saturated rings. The molecule has 0 atom stereocenters. The van der Waals surface area contributed by atoms with Crippen molar-refractivity contribution in [2.75, 3.05) is 0 Å². The molecule has 0 radical (unpaired) electrons. The van der Waals surface area contributed by atoms with E-state index in [1.165, 1.54) is 51.4 Å². The molecular weight excluding hydrogens is 144 g/mol. The van der Waals surface area contributed by atoms with Crippen molar-refractivity contribution in [3.05, 3.63) is 0 Å². The van der Waals surface area contributed by atoms with Crippen LogP contribution in [-0.2, 0) is 0 Å². The molecule has 0 amide bonds. The number of rotatable bonds is 0. The molecule has 0 saturated heterocycles. The third-order valence-electron chi connectivity index (χ3n) is 2.28. The fourth-order valence-corrected chi connectivity index (χ4v) is 1.89. The summed E-state index contributed by atoms with van der Waals surface area (Å²) in [6.07, 6.45) is 10.9. The summed E-state index contributed by atoms with van der Waals surface area (Å²) in [5, 5.41) is 0.484. The quantitative estimate of drug-likeness (QED) is 0.474. The maximum atomic E-state index is 6.07. The minimum absolute atomic E-state index is 0.484. The van der Waals surface area contributed by atoms with E-state index in [0.29, 0.717) is 5.38 Å². The predicted molar refractivity (Wildman–Crippen MR) is 46.6 cm³/mol. The van der Waals surface area contributed by atoms with E-state index in [0.717, 1.165) is 0 Å². The van der Waals surface area contributed by atoms with E-state index in [1.807, 2.05) is 0 Å². The molecule has 0 nitrogen and oxygen atoms in total. The topological polar surface area (TPSA) is 0 Å². The van der Waals surface area contributed by atoms with Crippen LogP contribution in [0, 0.1) is 0 Å². The predicted octanol–water partition coefficient (Wildman–Crippen LogP) is 3.73. The zero-order valence-corrected chi connectivity index (χ0v) is 7.37. The first-order valence-electron chi connectivity index (χ1n) is 4.53. The highest BCUT2D eigenvalue weighted by atomic mass is 35.5. The first kappa shape index (κ1) is 8.39. The Morgan fingerprint density at radius 1 is 0.700 bits per heavy atom. The summed E-state index contributed by atoms with van der Waals surface area (Å²) >= 11 is 6.07. The highest BCUT2D eigenvalue weighted by Crippen LogP contribution is 2.20. The molecule has 0 N–H and O–H groups in total. The third-order valence-corrected chi connectivity index (χ3v) is 2.72. The van der Waals surface area contributed by atoms with E-state index >= 15 is 0 Å². The van der Waals surface area contributed by atoms with E-state index < -0.39 is 0 Å². The van der Waals surface area contributed by atoms with Gasteiger partial charge in [-0.1, -0.05) is 38.5 Å². The van der Waals surface area contributed by atoms with Gasteiger partial charge in [-0.05, 0) is 12.8 Å². The molecule has 1 rings (SSSR count). The van der Waals surface area contributed by atoms with E-state index in [4.69, 9.17) is 11.6 Å². The Morgan fingerprint density at radius 3 is 1.60 bits per heavy atom. The van der Waals surface area contributed by atoms with Gasteiger partial charge in [-0.25, -0.2) is 0 Å². The van der Waals surface area contributed by atoms with E-state index in [-0.39, 0.29) is 0 Å². The van der Waals surface area contributed by atoms with Crippen LogP contribution in [0.15, 0.2) is 0 Å². The summed E-state index contributed by atoms with van der Waals surface area (Å²) in [6.45, 7) is 0. The molecule has 0 aromatic carbocycles. The van der Waals surface area contributed by atoms with Gasteiger partial charge in [-0.2, -0.15) is 0 Å². The first-order valence-corrected chi connectivity index (χ1v) is 4.97. The van der Waals surface area contributed by atoms with Crippen LogP contribution in [0.5, 0.6) is 0 Å². The summed E-state index contributed by atoms with van der Waals surface area (Å²) in [7, 11) is 0. The lowest BCUT2D eigenvalue weighted by molar-refractivity contribution is 0.624. The lowest BCUT2D eigenvalue weighted by atomic mass is 10.1. The highest BCUT2D eigenvalue weighted by molar-refractivity contribution is 6.20. The smallest absolute Gasteiger partial charge is 0.0336 e. The summed E-state index contributed by atoms with van der Waals surface area (Å²) in [5.41, 5.74) is 0. The Morgan fingerprint density at radius 2 is 1.10 bits per heavy atom. The van der Waals surface area contributed by atoms with Gasteiger partial charge >= 0.3 is 0 Å². The van der Waals surface area contributed by atoms with Crippen molar-refractivity contribution in [1.29, 1.82) is 0 Å². The molecule has 60 valence electrons. The fourth-order valence-electron chi connectivity index (χ4n) is 1.58. The van der Waals surface area contributed by atoms with Gasteiger partial charge in [-0.15, -0.1) is 11.6 Å². The number of halogens is 1. The molecule has 0 spiro atoms. The summed E-state index contributed by atoms with van der Waals surface area (Å²) in [4.78, 5) is 0. The van der Waals surface area contributed by atoms with Crippen molar-refractivity contribution < 1.29 is 0 Å². The molecule has 0 aromatic heterocycles. The highest BCUT2D eigenvalue weighted by Gasteiger charge is 2.05. The van der Waals surface area contributed by atoms with E-state index in [2.05, 4.69) is 0 Å². The molecule has 1 heteroatoms. The van der Waals surface area contributed by atoms with Gasteiger partial charge < -0.3 is 0 Å². The lowest BCUT2D eigenvalue weighted by Crippen LogP contribution is -1.96. The zero-order valence-electron chi connectivity index (χ0n) is 6.61. The fraction of sp³-hybridized carbons (Fsp3) is 1.00. The molecule has 1 saturated carbocycles. The number of hydrogen-bond donors (Lipinski definition) is 0. The molecule has 0 bridgehead atoms. The second-order valence-electron chi connectivity index (χ2n) is 3.30. The van der Waals surface area contributed by atoms with Gasteiger partial charge in [0.05, 0.1) is 0 Å². The maximum Gasteiger partial charge on any atom is 0.0336 e. The summed E-state index contributed by atoms with van der Waals surface area (Å²) in [5.74, 6) is 0. The van der Waals surface area contributed by atoms with Crippen LogP contribution in [0.2, 0.25) is 0 Å². The van der Waals surface area contributed by atoms with Crippen molar-refractivity contribution in [1.82, 2.24) is 0 Å². The summed E-state index contributed by atoms with van der Waals surface area (Å²) < 4.78 is 0. The number of hydrogen-bond acceptors (Lipinski definition) is 0. The summed E-state index contributed by atoms with van der Waals surface area (Å²) in [6, 6.07) is 0. The molecule has 1 aliphatic carbocycles. The van der Waals surface area contributed by atoms with Crippen LogP contribution in [0.25, 0.3) is 0 Å². The second kappa shape index (κ2) is 5.01. The van der Waals surface area contributed by atoms with E-state index in [1.54, 1.807) is 0 Å². The van der Waals surface area contributed by atoms with Crippen LogP contribution in [0.1, 0.15) is 51.4 Å². The van der Waals surface area contributed by atoms with Gasteiger partial charge in [-0.3, -0.25) is 0 Å². The minimum Gasteiger partial charge on any atom is -0.123 e. The molecule has 1 aliphatic rings. The van der Waals surface area contributed by atoms with Crippen molar-refractivity contribution in [3.8, 4) is 0 Å². The molecule has 0 aliphatic heterocycles. The minimum atomic E-state index is 0.484. The zero-order chi connectivity index (χ0) is 7.23. The normalized spacial score (nSPS) is 24.9. The van der Waals surface area contributed by atoms with Crippen LogP contribution >= 0.6 is 11.6 Å². The standard InChI is InChI=1S/C9H17Cl/c10-9-7-5-3-1-2-4-6-8-9/h9H,1-8H2. The molecular formula is C9H17Cl. The Labute approximate surface area is 69.0 Å². The Balaban J connectivity index is 2.15. The van der Waals surface area contributed by atoms with Crippen LogP contribution in [0.4, 0.5) is 0 Å². The van der Waals surface area contributed by atoms with Gasteiger partial charge in [0.1, 0.15) is 0 Å². The van der Waals surface area contributed by atoms with Crippen LogP contribution < -0.4 is 0 Å². The molecule has 10 heavy (non-hydrogen) atoms. The Hall–Kier alpha value is 0.290. The average Bonchev–Trinajstić information content (AvgIpc) is 2.02. The van der Waals surface area contributed by atoms with E-state index in [9.17, 15) is 0 Å².